The number of rotatable bonds is 7. The van der Waals surface area contributed by atoms with Gasteiger partial charge in [0, 0.05) is 0 Å². The molecule has 0 bridgehead atoms. The second-order valence-electron chi connectivity index (χ2n) is 4.62. The zero-order valence-corrected chi connectivity index (χ0v) is 14.8. The molecule has 0 unspecified atom stereocenters. The number of hydrogen-bond acceptors (Lipinski definition) is 7. The average molecular weight is 382 g/mol. The van der Waals surface area contributed by atoms with E-state index in [4.69, 9.17) is 32.1 Å². The van der Waals surface area contributed by atoms with Gasteiger partial charge in [-0.05, 0) is 30.7 Å². The number of urea groups is 1. The standard InChI is InChI=1S/C16H16ClN3O6/c1-3-25-12-6-9(4-10(7-18)15(22)20-16(19)23)5-11(17)14(12)26-8-13(21)24-2/h4-6H,3,8H2,1-2H3,(H3,19,20,22,23)/b10-4-. The number of carbonyl (C=O) groups is 3. The number of imide groups is 1. The lowest BCUT2D eigenvalue weighted by atomic mass is 10.1. The van der Waals surface area contributed by atoms with Crippen LogP contribution in [0.4, 0.5) is 4.79 Å². The van der Waals surface area contributed by atoms with E-state index in [1.54, 1.807) is 18.3 Å². The summed E-state index contributed by atoms with van der Waals surface area (Å²) in [4.78, 5) is 33.7. The van der Waals surface area contributed by atoms with Crippen LogP contribution < -0.4 is 20.5 Å². The number of ether oxygens (including phenoxy) is 3. The highest BCUT2D eigenvalue weighted by atomic mass is 35.5. The Morgan fingerprint density at radius 1 is 1.35 bits per heavy atom. The monoisotopic (exact) mass is 381 g/mol. The van der Waals surface area contributed by atoms with Crippen LogP contribution in [0.25, 0.3) is 6.08 Å². The maximum absolute atomic E-state index is 11.7. The van der Waals surface area contributed by atoms with Crippen LogP contribution in [-0.2, 0) is 14.3 Å². The van der Waals surface area contributed by atoms with E-state index in [-0.39, 0.29) is 35.3 Å². The Hall–Kier alpha value is -3.25. The Morgan fingerprint density at radius 2 is 2.04 bits per heavy atom. The molecule has 0 saturated carbocycles. The molecule has 3 amide bonds. The van der Waals surface area contributed by atoms with Crippen LogP contribution in [0.1, 0.15) is 12.5 Å². The van der Waals surface area contributed by atoms with Gasteiger partial charge in [-0.1, -0.05) is 11.6 Å². The number of halogens is 1. The van der Waals surface area contributed by atoms with E-state index < -0.39 is 17.9 Å². The van der Waals surface area contributed by atoms with Crippen LogP contribution in [0, 0.1) is 11.3 Å². The summed E-state index contributed by atoms with van der Waals surface area (Å²) in [5.41, 5.74) is 4.82. The van der Waals surface area contributed by atoms with Gasteiger partial charge in [0.25, 0.3) is 5.91 Å². The fourth-order valence-electron chi connectivity index (χ4n) is 1.76. The van der Waals surface area contributed by atoms with Gasteiger partial charge in [-0.2, -0.15) is 5.26 Å². The number of esters is 1. The summed E-state index contributed by atoms with van der Waals surface area (Å²) in [7, 11) is 1.21. The molecule has 0 aromatic heterocycles. The van der Waals surface area contributed by atoms with Crippen molar-refractivity contribution >= 4 is 35.6 Å². The van der Waals surface area contributed by atoms with Crippen LogP contribution >= 0.6 is 11.6 Å². The largest absolute Gasteiger partial charge is 0.490 e. The first-order valence-electron chi connectivity index (χ1n) is 7.20. The topological polar surface area (TPSA) is 141 Å². The molecule has 0 aliphatic carbocycles. The number of amides is 3. The Morgan fingerprint density at radius 3 is 2.58 bits per heavy atom. The molecule has 0 fully saturated rings. The molecule has 10 heteroatoms. The summed E-state index contributed by atoms with van der Waals surface area (Å²) in [6, 6.07) is 3.42. The first kappa shape index (κ1) is 20.8. The van der Waals surface area contributed by atoms with Crippen molar-refractivity contribution in [2.45, 2.75) is 6.92 Å². The Labute approximate surface area is 154 Å². The second-order valence-corrected chi connectivity index (χ2v) is 5.02. The first-order valence-corrected chi connectivity index (χ1v) is 7.58. The maximum Gasteiger partial charge on any atom is 0.343 e. The minimum Gasteiger partial charge on any atom is -0.490 e. The number of methoxy groups -OCH3 is 1. The normalized spacial score (nSPS) is 10.5. The highest BCUT2D eigenvalue weighted by Crippen LogP contribution is 2.37. The van der Waals surface area contributed by atoms with Crippen molar-refractivity contribution < 1.29 is 28.6 Å². The lowest BCUT2D eigenvalue weighted by Gasteiger charge is -2.14. The minimum atomic E-state index is -1.09. The molecular formula is C16H16ClN3O6. The molecule has 0 aliphatic heterocycles. The number of primary amides is 1. The molecule has 0 saturated heterocycles. The van der Waals surface area contributed by atoms with E-state index in [9.17, 15) is 14.4 Å². The van der Waals surface area contributed by atoms with Gasteiger partial charge in [0.05, 0.1) is 18.7 Å². The number of benzene rings is 1. The molecule has 0 aliphatic rings. The summed E-state index contributed by atoms with van der Waals surface area (Å²) >= 11 is 6.14. The molecule has 138 valence electrons. The predicted molar refractivity (Wildman–Crippen MR) is 91.4 cm³/mol. The fourth-order valence-corrected chi connectivity index (χ4v) is 2.03. The molecule has 0 atom stereocenters. The van der Waals surface area contributed by atoms with Gasteiger partial charge in [-0.25, -0.2) is 9.59 Å². The zero-order chi connectivity index (χ0) is 19.7. The molecule has 0 radical (unpaired) electrons. The average Bonchev–Trinajstić information content (AvgIpc) is 2.58. The number of hydrogen-bond donors (Lipinski definition) is 2. The van der Waals surface area contributed by atoms with Crippen LogP contribution in [-0.4, -0.2) is 38.2 Å². The number of nitrogens with zero attached hydrogens (tertiary/aromatic N) is 1. The zero-order valence-electron chi connectivity index (χ0n) is 14.0. The number of nitrogens with two attached hydrogens (primary N) is 1. The highest BCUT2D eigenvalue weighted by Gasteiger charge is 2.16. The van der Waals surface area contributed by atoms with Gasteiger partial charge < -0.3 is 19.9 Å². The summed E-state index contributed by atoms with van der Waals surface area (Å²) in [6.07, 6.45) is 1.19. The van der Waals surface area contributed by atoms with Crippen molar-refractivity contribution in [2.24, 2.45) is 5.73 Å². The molecule has 0 spiro atoms. The minimum absolute atomic E-state index is 0.0821. The third-order valence-electron chi connectivity index (χ3n) is 2.81. The summed E-state index contributed by atoms with van der Waals surface area (Å²) in [5, 5.41) is 10.9. The predicted octanol–water partition coefficient (Wildman–Crippen LogP) is 1.39. The van der Waals surface area contributed by atoms with E-state index in [0.717, 1.165) is 0 Å². The van der Waals surface area contributed by atoms with Gasteiger partial charge in [-0.15, -0.1) is 0 Å². The van der Waals surface area contributed by atoms with Crippen molar-refractivity contribution in [3.8, 4) is 17.6 Å². The van der Waals surface area contributed by atoms with E-state index in [2.05, 4.69) is 4.74 Å². The van der Waals surface area contributed by atoms with Crippen LogP contribution in [0.5, 0.6) is 11.5 Å². The van der Waals surface area contributed by atoms with E-state index >= 15 is 0 Å². The summed E-state index contributed by atoms with van der Waals surface area (Å²) in [5.74, 6) is -1.26. The van der Waals surface area contributed by atoms with Crippen molar-refractivity contribution in [1.29, 1.82) is 5.26 Å². The van der Waals surface area contributed by atoms with Gasteiger partial charge in [0.1, 0.15) is 11.6 Å². The molecule has 3 N–H and O–H groups in total. The molecular weight excluding hydrogens is 366 g/mol. The smallest absolute Gasteiger partial charge is 0.343 e. The van der Waals surface area contributed by atoms with Crippen LogP contribution in [0.3, 0.4) is 0 Å². The highest BCUT2D eigenvalue weighted by molar-refractivity contribution is 6.32. The molecule has 0 heterocycles. The van der Waals surface area contributed by atoms with E-state index in [0.29, 0.717) is 5.56 Å². The van der Waals surface area contributed by atoms with Gasteiger partial charge in [0.15, 0.2) is 18.1 Å². The SMILES string of the molecule is CCOc1cc(/C=C(/C#N)C(=O)NC(N)=O)cc(Cl)c1OCC(=O)OC. The lowest BCUT2D eigenvalue weighted by molar-refractivity contribution is -0.142. The number of nitrogens with one attached hydrogen (secondary N) is 1. The molecule has 9 nitrogen and oxygen atoms in total. The van der Waals surface area contributed by atoms with E-state index in [1.807, 2.05) is 0 Å². The Balaban J connectivity index is 3.23. The summed E-state index contributed by atoms with van der Waals surface area (Å²) < 4.78 is 15.2. The first-order chi connectivity index (χ1) is 12.3. The van der Waals surface area contributed by atoms with E-state index in [1.165, 1.54) is 25.3 Å². The third-order valence-corrected chi connectivity index (χ3v) is 3.09. The van der Waals surface area contributed by atoms with Crippen LogP contribution in [0.15, 0.2) is 17.7 Å². The van der Waals surface area contributed by atoms with Crippen molar-refractivity contribution in [3.63, 3.8) is 0 Å². The fraction of sp³-hybridized carbons (Fsp3) is 0.250. The second kappa shape index (κ2) is 9.90. The van der Waals surface area contributed by atoms with Gasteiger partial charge in [-0.3, -0.25) is 10.1 Å². The Kier molecular flexibility index (Phi) is 7.92. The molecule has 1 rings (SSSR count). The van der Waals surface area contributed by atoms with Crippen molar-refractivity contribution in [3.05, 3.63) is 28.3 Å². The van der Waals surface area contributed by atoms with Gasteiger partial charge in [0.2, 0.25) is 0 Å². The number of carbonyl (C=O) groups excluding carboxylic acids is 3. The quantitative estimate of drug-likeness (QED) is 0.413. The summed E-state index contributed by atoms with van der Waals surface area (Å²) in [6.45, 7) is 1.61. The molecule has 1 aromatic rings. The van der Waals surface area contributed by atoms with Crippen LogP contribution in [0.2, 0.25) is 5.02 Å². The Bertz CT molecular complexity index is 785. The maximum atomic E-state index is 11.7. The third kappa shape index (κ3) is 5.99. The van der Waals surface area contributed by atoms with Crippen molar-refractivity contribution in [2.75, 3.05) is 20.3 Å². The van der Waals surface area contributed by atoms with Crippen molar-refractivity contribution in [1.82, 2.24) is 5.32 Å². The molecule has 26 heavy (non-hydrogen) atoms. The van der Waals surface area contributed by atoms with Gasteiger partial charge >= 0.3 is 12.0 Å². The molecule has 1 aromatic carbocycles. The lowest BCUT2D eigenvalue weighted by Crippen LogP contribution is -2.35. The number of nitriles is 1.